The molecule has 0 aliphatic rings. The first-order valence-corrected chi connectivity index (χ1v) is 10.0. The van der Waals surface area contributed by atoms with Crippen molar-refractivity contribution in [3.63, 3.8) is 0 Å². The van der Waals surface area contributed by atoms with Crippen LogP contribution in [0, 0.1) is 0 Å². The Morgan fingerprint density at radius 3 is 2.62 bits per heavy atom. The standard InChI is InChI=1S/C17H18N2O3S2/c1-19(11-12-7-4-5-8-13(12)22-2)17-18-16-14(23-17)9-6-10-15(16)24(3,20)21/h4-10H,11H2,1-3H3. The smallest absolute Gasteiger partial charge is 0.186 e. The minimum atomic E-state index is -3.31. The first kappa shape index (κ1) is 16.7. The SMILES string of the molecule is COc1ccccc1CN(C)c1nc2c(S(C)(=O)=O)cccc2s1. The molecule has 2 aromatic carbocycles. The van der Waals surface area contributed by atoms with Crippen LogP contribution in [-0.2, 0) is 16.4 Å². The maximum Gasteiger partial charge on any atom is 0.186 e. The second-order valence-corrected chi connectivity index (χ2v) is 8.53. The molecule has 0 saturated carbocycles. The number of aromatic nitrogens is 1. The molecule has 7 heteroatoms. The summed E-state index contributed by atoms with van der Waals surface area (Å²) in [5.41, 5.74) is 1.58. The van der Waals surface area contributed by atoms with E-state index in [-0.39, 0.29) is 4.90 Å². The second-order valence-electron chi connectivity index (χ2n) is 5.54. The van der Waals surface area contributed by atoms with E-state index in [0.29, 0.717) is 12.1 Å². The highest BCUT2D eigenvalue weighted by atomic mass is 32.2. The highest BCUT2D eigenvalue weighted by Gasteiger charge is 2.17. The Bertz CT molecular complexity index is 980. The van der Waals surface area contributed by atoms with Crippen LogP contribution in [-0.4, -0.2) is 33.8 Å². The number of rotatable bonds is 5. The number of hydrogen-bond donors (Lipinski definition) is 0. The van der Waals surface area contributed by atoms with Crippen LogP contribution in [0.2, 0.25) is 0 Å². The van der Waals surface area contributed by atoms with Crippen LogP contribution in [0.3, 0.4) is 0 Å². The molecule has 3 aromatic rings. The molecular formula is C17H18N2O3S2. The van der Waals surface area contributed by atoms with Crippen LogP contribution in [0.4, 0.5) is 5.13 Å². The number of nitrogens with zero attached hydrogens (tertiary/aromatic N) is 2. The number of benzene rings is 2. The highest BCUT2D eigenvalue weighted by molar-refractivity contribution is 7.91. The first-order valence-electron chi connectivity index (χ1n) is 7.33. The van der Waals surface area contributed by atoms with Crippen LogP contribution in [0.15, 0.2) is 47.4 Å². The van der Waals surface area contributed by atoms with E-state index in [1.807, 2.05) is 42.3 Å². The molecule has 3 rings (SSSR count). The summed E-state index contributed by atoms with van der Waals surface area (Å²) in [6.07, 6.45) is 1.21. The lowest BCUT2D eigenvalue weighted by molar-refractivity contribution is 0.409. The Morgan fingerprint density at radius 1 is 1.17 bits per heavy atom. The normalized spacial score (nSPS) is 11.6. The average Bonchev–Trinajstić information content (AvgIpc) is 2.98. The summed E-state index contributed by atoms with van der Waals surface area (Å²) in [5, 5.41) is 0.770. The first-order chi connectivity index (χ1) is 11.4. The minimum Gasteiger partial charge on any atom is -0.496 e. The van der Waals surface area contributed by atoms with Gasteiger partial charge in [-0.05, 0) is 18.2 Å². The van der Waals surface area contributed by atoms with Gasteiger partial charge in [-0.15, -0.1) is 0 Å². The Labute approximate surface area is 145 Å². The molecule has 0 saturated heterocycles. The molecular weight excluding hydrogens is 344 g/mol. The molecule has 0 atom stereocenters. The van der Waals surface area contributed by atoms with Gasteiger partial charge in [0.25, 0.3) is 0 Å². The van der Waals surface area contributed by atoms with E-state index in [4.69, 9.17) is 4.74 Å². The molecule has 0 fully saturated rings. The molecule has 0 spiro atoms. The van der Waals surface area contributed by atoms with E-state index in [1.165, 1.54) is 17.6 Å². The number of para-hydroxylation sites is 2. The van der Waals surface area contributed by atoms with Gasteiger partial charge in [0.05, 0.1) is 16.7 Å². The lowest BCUT2D eigenvalue weighted by atomic mass is 10.2. The summed E-state index contributed by atoms with van der Waals surface area (Å²) < 4.78 is 30.1. The average molecular weight is 362 g/mol. The third-order valence-corrected chi connectivity index (χ3v) is 5.96. The maximum atomic E-state index is 11.9. The van der Waals surface area contributed by atoms with Crippen LogP contribution in [0.25, 0.3) is 10.2 Å². The Morgan fingerprint density at radius 2 is 1.92 bits per heavy atom. The van der Waals surface area contributed by atoms with Crippen molar-refractivity contribution in [3.8, 4) is 5.75 Å². The third-order valence-electron chi connectivity index (χ3n) is 3.70. The van der Waals surface area contributed by atoms with Gasteiger partial charge in [0.1, 0.15) is 11.3 Å². The Balaban J connectivity index is 1.98. The van der Waals surface area contributed by atoms with Gasteiger partial charge in [-0.2, -0.15) is 0 Å². The van der Waals surface area contributed by atoms with Crippen molar-refractivity contribution in [2.24, 2.45) is 0 Å². The molecule has 0 bridgehead atoms. The van der Waals surface area contributed by atoms with Crippen LogP contribution >= 0.6 is 11.3 Å². The van der Waals surface area contributed by atoms with Crippen molar-refractivity contribution in [2.75, 3.05) is 25.3 Å². The zero-order valence-electron chi connectivity index (χ0n) is 13.7. The number of sulfone groups is 1. The maximum absolute atomic E-state index is 11.9. The Kier molecular flexibility index (Phi) is 4.47. The van der Waals surface area contributed by atoms with Gasteiger partial charge in [-0.1, -0.05) is 35.6 Å². The van der Waals surface area contributed by atoms with Crippen molar-refractivity contribution < 1.29 is 13.2 Å². The van der Waals surface area contributed by atoms with Gasteiger partial charge in [0, 0.05) is 25.4 Å². The molecule has 0 aliphatic heterocycles. The number of methoxy groups -OCH3 is 1. The minimum absolute atomic E-state index is 0.271. The molecule has 1 heterocycles. The van der Waals surface area contributed by atoms with E-state index in [0.717, 1.165) is 21.1 Å². The number of fused-ring (bicyclic) bond motifs is 1. The van der Waals surface area contributed by atoms with Gasteiger partial charge in [-0.25, -0.2) is 13.4 Å². The summed E-state index contributed by atoms with van der Waals surface area (Å²) in [4.78, 5) is 6.82. The van der Waals surface area contributed by atoms with E-state index < -0.39 is 9.84 Å². The predicted molar refractivity (Wildman–Crippen MR) is 97.8 cm³/mol. The van der Waals surface area contributed by atoms with Gasteiger partial charge in [0.2, 0.25) is 0 Å². The largest absolute Gasteiger partial charge is 0.496 e. The van der Waals surface area contributed by atoms with Crippen molar-refractivity contribution in [1.29, 1.82) is 0 Å². The van der Waals surface area contributed by atoms with E-state index in [1.54, 1.807) is 19.2 Å². The Hall–Kier alpha value is -2.12. The van der Waals surface area contributed by atoms with Crippen molar-refractivity contribution in [1.82, 2.24) is 4.98 Å². The molecule has 0 aliphatic carbocycles. The summed E-state index contributed by atoms with van der Waals surface area (Å²) in [7, 11) is 0.277. The number of hydrogen-bond acceptors (Lipinski definition) is 6. The molecule has 0 unspecified atom stereocenters. The fourth-order valence-corrected chi connectivity index (χ4v) is 4.38. The van der Waals surface area contributed by atoms with Gasteiger partial charge in [-0.3, -0.25) is 0 Å². The second kappa shape index (κ2) is 6.41. The topological polar surface area (TPSA) is 59.5 Å². The van der Waals surface area contributed by atoms with Crippen molar-refractivity contribution >= 4 is 36.5 Å². The lowest BCUT2D eigenvalue weighted by Gasteiger charge is -2.17. The molecule has 0 amide bonds. The van der Waals surface area contributed by atoms with Gasteiger partial charge < -0.3 is 9.64 Å². The highest BCUT2D eigenvalue weighted by Crippen LogP contribution is 2.33. The predicted octanol–water partition coefficient (Wildman–Crippen LogP) is 3.34. The molecule has 0 N–H and O–H groups in total. The molecule has 5 nitrogen and oxygen atoms in total. The van der Waals surface area contributed by atoms with E-state index >= 15 is 0 Å². The number of anilines is 1. The van der Waals surface area contributed by atoms with E-state index in [9.17, 15) is 8.42 Å². The van der Waals surface area contributed by atoms with E-state index in [2.05, 4.69) is 4.98 Å². The number of ether oxygens (including phenoxy) is 1. The monoisotopic (exact) mass is 362 g/mol. The van der Waals surface area contributed by atoms with Crippen molar-refractivity contribution in [2.45, 2.75) is 11.4 Å². The van der Waals surface area contributed by atoms with Crippen LogP contribution in [0.1, 0.15) is 5.56 Å². The molecule has 126 valence electrons. The van der Waals surface area contributed by atoms with Crippen LogP contribution < -0.4 is 9.64 Å². The van der Waals surface area contributed by atoms with Gasteiger partial charge in [0.15, 0.2) is 15.0 Å². The lowest BCUT2D eigenvalue weighted by Crippen LogP contribution is -2.16. The summed E-state index contributed by atoms with van der Waals surface area (Å²) in [6.45, 7) is 0.623. The quantitative estimate of drug-likeness (QED) is 0.697. The van der Waals surface area contributed by atoms with Crippen LogP contribution in [0.5, 0.6) is 5.75 Å². The summed E-state index contributed by atoms with van der Waals surface area (Å²) in [6, 6.07) is 13.1. The third kappa shape index (κ3) is 3.22. The molecule has 0 radical (unpaired) electrons. The molecule has 24 heavy (non-hydrogen) atoms. The molecule has 1 aromatic heterocycles. The fraction of sp³-hybridized carbons (Fsp3) is 0.235. The van der Waals surface area contributed by atoms with Crippen molar-refractivity contribution in [3.05, 3.63) is 48.0 Å². The number of thiazole rings is 1. The zero-order valence-corrected chi connectivity index (χ0v) is 15.3. The fourth-order valence-electron chi connectivity index (χ4n) is 2.53. The zero-order chi connectivity index (χ0) is 17.3. The summed E-state index contributed by atoms with van der Waals surface area (Å²) >= 11 is 1.48. The summed E-state index contributed by atoms with van der Waals surface area (Å²) in [5.74, 6) is 0.822. The van der Waals surface area contributed by atoms with Gasteiger partial charge >= 0.3 is 0 Å².